The molecule has 0 bridgehead atoms. The molecule has 0 saturated heterocycles. The number of esters is 1. The number of nitrogens with one attached hydrogen (secondary N) is 1. The molecule has 0 unspecified atom stereocenters. The summed E-state index contributed by atoms with van der Waals surface area (Å²) < 4.78 is 28.3. The fourth-order valence-corrected chi connectivity index (χ4v) is 5.98. The Morgan fingerprint density at radius 1 is 0.841 bits per heavy atom. The summed E-state index contributed by atoms with van der Waals surface area (Å²) in [5, 5.41) is 3.42. The molecule has 0 fully saturated rings. The van der Waals surface area contributed by atoms with E-state index in [1.807, 2.05) is 80.6 Å². The number of allylic oxidation sites excluding steroid dienone is 3. The van der Waals surface area contributed by atoms with Gasteiger partial charge < -0.3 is 29.0 Å². The van der Waals surface area contributed by atoms with Crippen LogP contribution in [-0.4, -0.2) is 39.7 Å². The number of ether oxygens (including phenoxy) is 5. The molecular formula is C36H39NO7. The number of dihydropyridines is 1. The predicted octanol–water partition coefficient (Wildman–Crippen LogP) is 6.61. The Kier molecular flexibility index (Phi) is 9.58. The summed E-state index contributed by atoms with van der Waals surface area (Å²) in [6.45, 7) is 4.56. The second-order valence-corrected chi connectivity index (χ2v) is 11.0. The maximum absolute atomic E-state index is 14.1. The van der Waals surface area contributed by atoms with Crippen molar-refractivity contribution in [2.75, 3.05) is 27.9 Å². The van der Waals surface area contributed by atoms with Gasteiger partial charge in [0.1, 0.15) is 6.61 Å². The van der Waals surface area contributed by atoms with Crippen LogP contribution in [-0.2, 0) is 20.9 Å². The fourth-order valence-electron chi connectivity index (χ4n) is 5.98. The average Bonchev–Trinajstić information content (AvgIpc) is 3.05. The van der Waals surface area contributed by atoms with Gasteiger partial charge in [0, 0.05) is 29.3 Å². The Morgan fingerprint density at radius 3 is 2.20 bits per heavy atom. The van der Waals surface area contributed by atoms with Crippen LogP contribution in [0.4, 0.5) is 0 Å². The molecule has 2 aliphatic rings. The maximum atomic E-state index is 14.1. The van der Waals surface area contributed by atoms with Crippen LogP contribution in [0.5, 0.6) is 23.0 Å². The first-order valence-corrected chi connectivity index (χ1v) is 14.9. The first-order chi connectivity index (χ1) is 21.4. The smallest absolute Gasteiger partial charge is 0.337 e. The summed E-state index contributed by atoms with van der Waals surface area (Å²) in [7, 11) is 4.78. The van der Waals surface area contributed by atoms with Gasteiger partial charge in [-0.15, -0.1) is 0 Å². The van der Waals surface area contributed by atoms with E-state index in [1.165, 1.54) is 0 Å². The van der Waals surface area contributed by atoms with Crippen LogP contribution in [0.25, 0.3) is 0 Å². The molecule has 8 nitrogen and oxygen atoms in total. The molecule has 1 aliphatic heterocycles. The molecule has 0 saturated carbocycles. The second kappa shape index (κ2) is 13.7. The van der Waals surface area contributed by atoms with Crippen molar-refractivity contribution in [1.82, 2.24) is 5.32 Å². The van der Waals surface area contributed by atoms with Gasteiger partial charge in [0.2, 0.25) is 0 Å². The lowest BCUT2D eigenvalue weighted by atomic mass is 9.71. The van der Waals surface area contributed by atoms with E-state index in [2.05, 4.69) is 5.32 Å². The second-order valence-electron chi connectivity index (χ2n) is 11.0. The molecule has 230 valence electrons. The highest BCUT2D eigenvalue weighted by atomic mass is 16.5. The standard InChI is InChI=1S/C36H39NO7/c1-6-16-43-30-15-13-25(20-32(30)42-5)34-33(36(39)44-21-23-10-8-7-9-11-23)22(2)37-27-17-26(18-28(38)35(27)34)24-12-14-29(40-3)31(19-24)41-4/h7-15,19-20,26,34,37H,6,16-18,21H2,1-5H3/t26-,34-/m0/s1. The number of hydrogen-bond acceptors (Lipinski definition) is 8. The first-order valence-electron chi connectivity index (χ1n) is 14.9. The van der Waals surface area contributed by atoms with Crippen LogP contribution in [0.3, 0.4) is 0 Å². The number of hydrogen-bond donors (Lipinski definition) is 1. The molecule has 1 aliphatic carbocycles. The molecule has 0 amide bonds. The molecule has 44 heavy (non-hydrogen) atoms. The average molecular weight is 598 g/mol. The predicted molar refractivity (Wildman–Crippen MR) is 167 cm³/mol. The van der Waals surface area contributed by atoms with Crippen LogP contribution in [0.15, 0.2) is 89.3 Å². The van der Waals surface area contributed by atoms with E-state index in [1.54, 1.807) is 21.3 Å². The van der Waals surface area contributed by atoms with Crippen LogP contribution in [0.2, 0.25) is 0 Å². The summed E-state index contributed by atoms with van der Waals surface area (Å²) in [6.07, 6.45) is 1.73. The van der Waals surface area contributed by atoms with Gasteiger partial charge in [0.05, 0.1) is 33.5 Å². The lowest BCUT2D eigenvalue weighted by molar-refractivity contribution is -0.140. The Balaban J connectivity index is 1.54. The molecule has 3 aromatic rings. The number of rotatable bonds is 11. The molecule has 8 heteroatoms. The van der Waals surface area contributed by atoms with Crippen molar-refractivity contribution >= 4 is 11.8 Å². The summed E-state index contributed by atoms with van der Waals surface area (Å²) in [5.41, 5.74) is 5.04. The van der Waals surface area contributed by atoms with Gasteiger partial charge in [0.15, 0.2) is 28.8 Å². The summed E-state index contributed by atoms with van der Waals surface area (Å²) in [5.74, 6) is 1.17. The monoisotopic (exact) mass is 597 g/mol. The number of ketones is 1. The number of methoxy groups -OCH3 is 3. The van der Waals surface area contributed by atoms with Gasteiger partial charge in [-0.05, 0) is 66.6 Å². The Hall–Kier alpha value is -4.72. The van der Waals surface area contributed by atoms with E-state index in [-0.39, 0.29) is 24.7 Å². The molecular weight excluding hydrogens is 558 g/mol. The van der Waals surface area contributed by atoms with Crippen LogP contribution in [0.1, 0.15) is 61.6 Å². The third-order valence-electron chi connectivity index (χ3n) is 8.12. The van der Waals surface area contributed by atoms with E-state index >= 15 is 0 Å². The minimum absolute atomic E-state index is 0.0327. The van der Waals surface area contributed by atoms with E-state index in [0.717, 1.165) is 28.8 Å². The fraction of sp³-hybridized carbons (Fsp3) is 0.333. The summed E-state index contributed by atoms with van der Waals surface area (Å²) >= 11 is 0. The van der Waals surface area contributed by atoms with Crippen molar-refractivity contribution in [2.45, 2.75) is 51.6 Å². The van der Waals surface area contributed by atoms with Gasteiger partial charge in [-0.1, -0.05) is 49.4 Å². The van der Waals surface area contributed by atoms with E-state index in [0.29, 0.717) is 52.9 Å². The summed E-state index contributed by atoms with van der Waals surface area (Å²) in [6, 6.07) is 20.9. The largest absolute Gasteiger partial charge is 0.493 e. The molecule has 3 aromatic carbocycles. The van der Waals surface area contributed by atoms with Crippen LogP contribution < -0.4 is 24.3 Å². The van der Waals surface area contributed by atoms with Crippen LogP contribution >= 0.6 is 0 Å². The van der Waals surface area contributed by atoms with Gasteiger partial charge in [-0.3, -0.25) is 4.79 Å². The van der Waals surface area contributed by atoms with Crippen molar-refractivity contribution in [2.24, 2.45) is 0 Å². The molecule has 1 N–H and O–H groups in total. The lowest BCUT2D eigenvalue weighted by Gasteiger charge is -2.37. The highest BCUT2D eigenvalue weighted by Gasteiger charge is 2.42. The Bertz CT molecular complexity index is 1590. The lowest BCUT2D eigenvalue weighted by Crippen LogP contribution is -2.36. The number of Topliss-reactive ketones (excluding diaryl/α,β-unsaturated/α-hetero) is 1. The quantitative estimate of drug-likeness (QED) is 0.247. The third kappa shape index (κ3) is 6.30. The topological polar surface area (TPSA) is 92.3 Å². The first kappa shape index (κ1) is 30.7. The van der Waals surface area contributed by atoms with Gasteiger partial charge >= 0.3 is 5.97 Å². The minimum atomic E-state index is -0.637. The van der Waals surface area contributed by atoms with Crippen molar-refractivity contribution in [3.63, 3.8) is 0 Å². The zero-order chi connectivity index (χ0) is 31.2. The van der Waals surface area contributed by atoms with Crippen LogP contribution in [0, 0.1) is 0 Å². The molecule has 0 spiro atoms. The maximum Gasteiger partial charge on any atom is 0.337 e. The molecule has 0 radical (unpaired) electrons. The molecule has 1 heterocycles. The normalized spacial score (nSPS) is 17.9. The van der Waals surface area contributed by atoms with Gasteiger partial charge in [-0.25, -0.2) is 4.79 Å². The SMILES string of the molecule is CCCOc1ccc([C@H]2C(C(=O)OCc3ccccc3)=C(C)NC3=C2C(=O)C[C@@H](c2ccc(OC)c(OC)c2)C3)cc1OC. The Morgan fingerprint density at radius 2 is 1.50 bits per heavy atom. The van der Waals surface area contributed by atoms with Crippen molar-refractivity contribution in [3.05, 3.63) is 106 Å². The van der Waals surface area contributed by atoms with Crippen molar-refractivity contribution in [1.29, 1.82) is 0 Å². The van der Waals surface area contributed by atoms with Gasteiger partial charge in [-0.2, -0.15) is 0 Å². The number of carbonyl (C=O) groups excluding carboxylic acids is 2. The molecule has 0 aromatic heterocycles. The number of carbonyl (C=O) groups is 2. The van der Waals surface area contributed by atoms with E-state index in [4.69, 9.17) is 23.7 Å². The highest BCUT2D eigenvalue weighted by molar-refractivity contribution is 6.04. The zero-order valence-corrected chi connectivity index (χ0v) is 25.9. The van der Waals surface area contributed by atoms with Gasteiger partial charge in [0.25, 0.3) is 0 Å². The van der Waals surface area contributed by atoms with E-state index < -0.39 is 11.9 Å². The van der Waals surface area contributed by atoms with Crippen molar-refractivity contribution in [3.8, 4) is 23.0 Å². The zero-order valence-electron chi connectivity index (χ0n) is 25.9. The Labute approximate surface area is 258 Å². The third-order valence-corrected chi connectivity index (χ3v) is 8.12. The molecule has 2 atom stereocenters. The minimum Gasteiger partial charge on any atom is -0.493 e. The van der Waals surface area contributed by atoms with Crippen molar-refractivity contribution < 1.29 is 33.3 Å². The van der Waals surface area contributed by atoms with E-state index in [9.17, 15) is 9.59 Å². The summed E-state index contributed by atoms with van der Waals surface area (Å²) in [4.78, 5) is 27.9. The highest BCUT2D eigenvalue weighted by Crippen LogP contribution is 2.47. The molecule has 5 rings (SSSR count). The number of benzene rings is 3.